The second-order valence-electron chi connectivity index (χ2n) is 6.54. The van der Waals surface area contributed by atoms with E-state index in [0.29, 0.717) is 30.2 Å². The second-order valence-corrected chi connectivity index (χ2v) is 6.95. The number of hydrogen-bond donors (Lipinski definition) is 2. The van der Waals surface area contributed by atoms with Gasteiger partial charge in [0, 0.05) is 31.7 Å². The molecule has 3 aromatic rings. The van der Waals surface area contributed by atoms with Crippen molar-refractivity contribution in [2.24, 2.45) is 0 Å². The molecule has 138 valence electrons. The highest BCUT2D eigenvalue weighted by atomic mass is 35.5. The summed E-state index contributed by atoms with van der Waals surface area (Å²) in [4.78, 5) is 22.1. The monoisotopic (exact) mass is 384 g/mol. The molecular formula is C20H18ClFN4O. The zero-order valence-corrected chi connectivity index (χ0v) is 15.3. The molecule has 2 N–H and O–H groups in total. The number of rotatable bonds is 4. The largest absolute Gasteiger partial charge is 0.326 e. The van der Waals surface area contributed by atoms with E-state index in [4.69, 9.17) is 11.6 Å². The van der Waals surface area contributed by atoms with Gasteiger partial charge in [-0.3, -0.25) is 14.7 Å². The van der Waals surface area contributed by atoms with E-state index in [1.165, 1.54) is 17.7 Å². The van der Waals surface area contributed by atoms with Crippen LogP contribution in [0.15, 0.2) is 53.3 Å². The van der Waals surface area contributed by atoms with E-state index in [-0.39, 0.29) is 10.6 Å². The Morgan fingerprint density at radius 3 is 2.81 bits per heavy atom. The normalized spacial score (nSPS) is 14.0. The Balaban J connectivity index is 1.52. The molecule has 0 amide bonds. The number of nitrogens with one attached hydrogen (secondary N) is 2. The molecule has 0 fully saturated rings. The fourth-order valence-corrected chi connectivity index (χ4v) is 3.41. The van der Waals surface area contributed by atoms with Gasteiger partial charge >= 0.3 is 0 Å². The van der Waals surface area contributed by atoms with Crippen LogP contribution >= 0.6 is 11.6 Å². The summed E-state index contributed by atoms with van der Waals surface area (Å²) in [5, 5.41) is 2.99. The molecule has 0 unspecified atom stereocenters. The highest BCUT2D eigenvalue weighted by Gasteiger charge is 2.21. The molecule has 5 nitrogen and oxygen atoms in total. The van der Waals surface area contributed by atoms with Gasteiger partial charge in [0.05, 0.1) is 16.3 Å². The van der Waals surface area contributed by atoms with E-state index < -0.39 is 5.82 Å². The van der Waals surface area contributed by atoms with Crippen molar-refractivity contribution in [1.82, 2.24) is 14.9 Å². The number of aromatic nitrogens is 2. The number of benzene rings is 2. The molecule has 1 aliphatic heterocycles. The van der Waals surface area contributed by atoms with Crippen molar-refractivity contribution in [3.8, 4) is 0 Å². The summed E-state index contributed by atoms with van der Waals surface area (Å²) >= 11 is 5.80. The highest BCUT2D eigenvalue weighted by molar-refractivity contribution is 6.31. The predicted octanol–water partition coefficient (Wildman–Crippen LogP) is 3.86. The fraction of sp³-hybridized carbons (Fsp3) is 0.200. The van der Waals surface area contributed by atoms with Crippen molar-refractivity contribution in [2.75, 3.05) is 11.9 Å². The van der Waals surface area contributed by atoms with Gasteiger partial charge in [0.1, 0.15) is 5.82 Å². The lowest BCUT2D eigenvalue weighted by molar-refractivity contribution is 0.242. The Hall–Kier alpha value is -2.70. The lowest BCUT2D eigenvalue weighted by atomic mass is 10.1. The van der Waals surface area contributed by atoms with Crippen LogP contribution in [0.2, 0.25) is 5.02 Å². The third-order valence-corrected chi connectivity index (χ3v) is 4.87. The number of hydrogen-bond acceptors (Lipinski definition) is 4. The first kappa shape index (κ1) is 17.7. The molecule has 2 heterocycles. The number of nitrogens with zero attached hydrogens (tertiary/aromatic N) is 2. The van der Waals surface area contributed by atoms with Crippen LogP contribution in [0.5, 0.6) is 0 Å². The van der Waals surface area contributed by atoms with Gasteiger partial charge in [-0.25, -0.2) is 9.37 Å². The van der Waals surface area contributed by atoms with Crippen LogP contribution in [-0.4, -0.2) is 21.4 Å². The lowest BCUT2D eigenvalue weighted by Crippen LogP contribution is -2.35. The number of anilines is 2. The summed E-state index contributed by atoms with van der Waals surface area (Å²) < 4.78 is 13.3. The smallest absolute Gasteiger partial charge is 0.257 e. The first-order chi connectivity index (χ1) is 13.1. The topological polar surface area (TPSA) is 61.0 Å². The van der Waals surface area contributed by atoms with E-state index >= 15 is 0 Å². The third kappa shape index (κ3) is 4.02. The van der Waals surface area contributed by atoms with Crippen molar-refractivity contribution < 1.29 is 4.39 Å². The van der Waals surface area contributed by atoms with Gasteiger partial charge in [-0.1, -0.05) is 41.9 Å². The summed E-state index contributed by atoms with van der Waals surface area (Å²) in [5.74, 6) is -0.162. The SMILES string of the molecule is O=c1[nH]c(Nc2ccc(F)c(Cl)c2)nc2c1CN(Cc1ccccc1)CC2. The van der Waals surface area contributed by atoms with Crippen LogP contribution < -0.4 is 10.9 Å². The summed E-state index contributed by atoms with van der Waals surface area (Å²) in [6.07, 6.45) is 0.699. The first-order valence-electron chi connectivity index (χ1n) is 8.69. The summed E-state index contributed by atoms with van der Waals surface area (Å²) in [7, 11) is 0. The zero-order chi connectivity index (χ0) is 18.8. The standard InChI is InChI=1S/C20H18ClFN4O/c21-16-10-14(6-7-17(16)22)23-20-24-18-8-9-26(12-15(18)19(27)25-20)11-13-4-2-1-3-5-13/h1-7,10H,8-9,11-12H2,(H2,23,24,25,27). The molecule has 7 heteroatoms. The number of aromatic amines is 1. The number of H-pyrrole nitrogens is 1. The zero-order valence-electron chi connectivity index (χ0n) is 14.5. The van der Waals surface area contributed by atoms with E-state index in [1.807, 2.05) is 18.2 Å². The van der Waals surface area contributed by atoms with Crippen LogP contribution in [0.1, 0.15) is 16.8 Å². The van der Waals surface area contributed by atoms with Crippen LogP contribution in [0.25, 0.3) is 0 Å². The number of halogens is 2. The van der Waals surface area contributed by atoms with E-state index in [1.54, 1.807) is 6.07 Å². The molecule has 0 saturated carbocycles. The van der Waals surface area contributed by atoms with E-state index in [9.17, 15) is 9.18 Å². The summed E-state index contributed by atoms with van der Waals surface area (Å²) in [6, 6.07) is 14.5. The first-order valence-corrected chi connectivity index (χ1v) is 9.07. The molecule has 4 rings (SSSR count). The van der Waals surface area contributed by atoms with Crippen LogP contribution in [0.3, 0.4) is 0 Å². The number of fused-ring (bicyclic) bond motifs is 1. The molecule has 27 heavy (non-hydrogen) atoms. The van der Waals surface area contributed by atoms with Crippen LogP contribution in [0, 0.1) is 5.82 Å². The Labute approximate surface area is 160 Å². The molecule has 0 saturated heterocycles. The van der Waals surface area contributed by atoms with Gasteiger partial charge in [-0.2, -0.15) is 0 Å². The average Bonchev–Trinajstić information content (AvgIpc) is 2.66. The molecule has 1 aromatic heterocycles. The minimum atomic E-state index is -0.493. The van der Waals surface area contributed by atoms with Crippen molar-refractivity contribution in [3.05, 3.63) is 86.5 Å². The van der Waals surface area contributed by atoms with Gasteiger partial charge in [0.25, 0.3) is 5.56 Å². The predicted molar refractivity (Wildman–Crippen MR) is 104 cm³/mol. The molecule has 0 spiro atoms. The van der Waals surface area contributed by atoms with Gasteiger partial charge in [-0.15, -0.1) is 0 Å². The van der Waals surface area contributed by atoms with Gasteiger partial charge in [0.15, 0.2) is 0 Å². The van der Waals surface area contributed by atoms with Crippen molar-refractivity contribution in [2.45, 2.75) is 19.5 Å². The maximum atomic E-state index is 13.3. The Kier molecular flexibility index (Phi) is 4.92. The molecule has 0 atom stereocenters. The van der Waals surface area contributed by atoms with Crippen molar-refractivity contribution in [3.63, 3.8) is 0 Å². The lowest BCUT2D eigenvalue weighted by Gasteiger charge is -2.27. The molecule has 2 aromatic carbocycles. The molecule has 0 radical (unpaired) electrons. The second kappa shape index (κ2) is 7.50. The van der Waals surface area contributed by atoms with E-state index in [0.717, 1.165) is 18.8 Å². The van der Waals surface area contributed by atoms with Gasteiger partial charge < -0.3 is 5.32 Å². The maximum absolute atomic E-state index is 13.3. The van der Waals surface area contributed by atoms with Crippen molar-refractivity contribution >= 4 is 23.2 Å². The van der Waals surface area contributed by atoms with Crippen LogP contribution in [-0.2, 0) is 19.5 Å². The average molecular weight is 385 g/mol. The minimum Gasteiger partial charge on any atom is -0.326 e. The molecule has 0 bridgehead atoms. The van der Waals surface area contributed by atoms with Gasteiger partial charge in [-0.05, 0) is 23.8 Å². The minimum absolute atomic E-state index is 0.0110. The van der Waals surface area contributed by atoms with Gasteiger partial charge in [0.2, 0.25) is 5.95 Å². The Morgan fingerprint density at radius 1 is 1.22 bits per heavy atom. The third-order valence-electron chi connectivity index (χ3n) is 4.58. The van der Waals surface area contributed by atoms with Crippen LogP contribution in [0.4, 0.5) is 16.0 Å². The summed E-state index contributed by atoms with van der Waals surface area (Å²) in [5.41, 5.74) is 3.11. The fourth-order valence-electron chi connectivity index (χ4n) is 3.23. The highest BCUT2D eigenvalue weighted by Crippen LogP contribution is 2.22. The van der Waals surface area contributed by atoms with Crippen molar-refractivity contribution in [1.29, 1.82) is 0 Å². The molecular weight excluding hydrogens is 367 g/mol. The summed E-state index contributed by atoms with van der Waals surface area (Å²) in [6.45, 7) is 2.20. The Bertz CT molecular complexity index is 1020. The van der Waals surface area contributed by atoms with E-state index in [2.05, 4.69) is 32.3 Å². The molecule has 0 aliphatic carbocycles. The Morgan fingerprint density at radius 2 is 2.04 bits per heavy atom. The quantitative estimate of drug-likeness (QED) is 0.717. The maximum Gasteiger partial charge on any atom is 0.257 e. The molecule has 1 aliphatic rings.